The van der Waals surface area contributed by atoms with Gasteiger partial charge in [-0.2, -0.15) is 11.8 Å². The summed E-state index contributed by atoms with van der Waals surface area (Å²) in [5, 5.41) is 0. The number of nitrogens with zero attached hydrogens (tertiary/aromatic N) is 1. The Morgan fingerprint density at radius 3 is 2.86 bits per heavy atom. The third-order valence-electron chi connectivity index (χ3n) is 1.92. The molecule has 14 heavy (non-hydrogen) atoms. The Hall–Kier alpha value is -0.740. The molecule has 1 aromatic heterocycles. The molecule has 0 saturated carbocycles. The van der Waals surface area contributed by atoms with Crippen LogP contribution >= 0.6 is 11.8 Å². The van der Waals surface area contributed by atoms with Crippen molar-refractivity contribution < 1.29 is 0 Å². The highest BCUT2D eigenvalue weighted by Crippen LogP contribution is 2.14. The number of thioether (sulfide) groups is 1. The van der Waals surface area contributed by atoms with Crippen LogP contribution < -0.4 is 11.5 Å². The standard InChI is InChI=1S/C10H17N3S/c1-8(4-11)6-14-7-9-2-3-10(12)13-5-9/h2-3,5,8H,4,6-7,11H2,1H3,(H2,12,13). The summed E-state index contributed by atoms with van der Waals surface area (Å²) in [4.78, 5) is 4.04. The maximum Gasteiger partial charge on any atom is 0.123 e. The zero-order chi connectivity index (χ0) is 10.4. The topological polar surface area (TPSA) is 64.9 Å². The Kier molecular flexibility index (Phi) is 4.76. The van der Waals surface area contributed by atoms with Crippen LogP contribution in [0.5, 0.6) is 0 Å². The predicted molar refractivity (Wildman–Crippen MR) is 63.0 cm³/mol. The normalized spacial score (nSPS) is 12.7. The summed E-state index contributed by atoms with van der Waals surface area (Å²) in [6.45, 7) is 2.92. The second-order valence-corrected chi connectivity index (χ2v) is 4.48. The van der Waals surface area contributed by atoms with E-state index in [1.54, 1.807) is 0 Å². The minimum Gasteiger partial charge on any atom is -0.384 e. The average Bonchev–Trinajstić information content (AvgIpc) is 2.21. The van der Waals surface area contributed by atoms with Gasteiger partial charge in [0.25, 0.3) is 0 Å². The first-order valence-electron chi connectivity index (χ1n) is 4.70. The van der Waals surface area contributed by atoms with E-state index in [2.05, 4.69) is 11.9 Å². The van der Waals surface area contributed by atoms with E-state index in [0.717, 1.165) is 18.1 Å². The SMILES string of the molecule is CC(CN)CSCc1ccc(N)nc1. The molecule has 4 N–H and O–H groups in total. The summed E-state index contributed by atoms with van der Waals surface area (Å²) < 4.78 is 0. The zero-order valence-electron chi connectivity index (χ0n) is 8.44. The van der Waals surface area contributed by atoms with Crippen LogP contribution in [0.1, 0.15) is 12.5 Å². The summed E-state index contributed by atoms with van der Waals surface area (Å²) in [5.41, 5.74) is 12.2. The van der Waals surface area contributed by atoms with Gasteiger partial charge in [0.2, 0.25) is 0 Å². The molecule has 0 saturated heterocycles. The first-order chi connectivity index (χ1) is 6.72. The first-order valence-corrected chi connectivity index (χ1v) is 5.86. The molecule has 0 bridgehead atoms. The van der Waals surface area contributed by atoms with Crippen molar-refractivity contribution in [1.82, 2.24) is 4.98 Å². The van der Waals surface area contributed by atoms with Gasteiger partial charge in [-0.05, 0) is 29.8 Å². The van der Waals surface area contributed by atoms with Crippen molar-refractivity contribution in [3.8, 4) is 0 Å². The monoisotopic (exact) mass is 211 g/mol. The summed E-state index contributed by atoms with van der Waals surface area (Å²) in [6, 6.07) is 3.85. The number of hydrogen-bond donors (Lipinski definition) is 2. The quantitative estimate of drug-likeness (QED) is 0.774. The largest absolute Gasteiger partial charge is 0.384 e. The zero-order valence-corrected chi connectivity index (χ0v) is 9.26. The fraction of sp³-hybridized carbons (Fsp3) is 0.500. The van der Waals surface area contributed by atoms with Crippen molar-refractivity contribution in [3.63, 3.8) is 0 Å². The van der Waals surface area contributed by atoms with Gasteiger partial charge >= 0.3 is 0 Å². The molecule has 0 fully saturated rings. The van der Waals surface area contributed by atoms with Crippen LogP contribution in [0.4, 0.5) is 5.82 Å². The molecular formula is C10H17N3S. The third kappa shape index (κ3) is 3.98. The molecule has 1 aromatic rings. The van der Waals surface area contributed by atoms with Crippen molar-refractivity contribution >= 4 is 17.6 Å². The van der Waals surface area contributed by atoms with E-state index < -0.39 is 0 Å². The van der Waals surface area contributed by atoms with E-state index in [1.807, 2.05) is 30.1 Å². The maximum absolute atomic E-state index is 5.53. The molecule has 0 aliphatic rings. The van der Waals surface area contributed by atoms with E-state index in [4.69, 9.17) is 11.5 Å². The Labute approximate surface area is 89.3 Å². The molecule has 3 nitrogen and oxygen atoms in total. The molecule has 0 aromatic carbocycles. The number of nitrogen functional groups attached to an aromatic ring is 1. The minimum atomic E-state index is 0.578. The minimum absolute atomic E-state index is 0.578. The van der Waals surface area contributed by atoms with Gasteiger partial charge in [-0.25, -0.2) is 4.98 Å². The Morgan fingerprint density at radius 1 is 1.50 bits per heavy atom. The van der Waals surface area contributed by atoms with Gasteiger partial charge < -0.3 is 11.5 Å². The lowest BCUT2D eigenvalue weighted by molar-refractivity contribution is 0.675. The molecule has 0 spiro atoms. The molecule has 1 heterocycles. The lowest BCUT2D eigenvalue weighted by Gasteiger charge is -2.07. The van der Waals surface area contributed by atoms with Crippen LogP contribution in [-0.2, 0) is 5.75 Å². The van der Waals surface area contributed by atoms with Crippen molar-refractivity contribution in [2.24, 2.45) is 11.7 Å². The van der Waals surface area contributed by atoms with Crippen LogP contribution in [0.2, 0.25) is 0 Å². The van der Waals surface area contributed by atoms with Crippen molar-refractivity contribution in [1.29, 1.82) is 0 Å². The summed E-state index contributed by atoms with van der Waals surface area (Å²) in [7, 11) is 0. The second-order valence-electron chi connectivity index (χ2n) is 3.45. The Morgan fingerprint density at radius 2 is 2.29 bits per heavy atom. The fourth-order valence-electron chi connectivity index (χ4n) is 0.967. The van der Waals surface area contributed by atoms with E-state index in [-0.39, 0.29) is 0 Å². The third-order valence-corrected chi connectivity index (χ3v) is 3.26. The summed E-state index contributed by atoms with van der Waals surface area (Å²) >= 11 is 1.88. The van der Waals surface area contributed by atoms with Gasteiger partial charge in [0, 0.05) is 11.9 Å². The number of hydrogen-bond acceptors (Lipinski definition) is 4. The van der Waals surface area contributed by atoms with Gasteiger partial charge in [-0.1, -0.05) is 13.0 Å². The number of rotatable bonds is 5. The number of anilines is 1. The molecule has 0 amide bonds. The highest BCUT2D eigenvalue weighted by molar-refractivity contribution is 7.98. The van der Waals surface area contributed by atoms with Crippen molar-refractivity contribution in [2.75, 3.05) is 18.0 Å². The average molecular weight is 211 g/mol. The number of pyridine rings is 1. The Bertz CT molecular complexity index is 261. The molecular weight excluding hydrogens is 194 g/mol. The van der Waals surface area contributed by atoms with Crippen LogP contribution in [0.25, 0.3) is 0 Å². The summed E-state index contributed by atoms with van der Waals surface area (Å²) in [5.74, 6) is 3.24. The molecule has 0 radical (unpaired) electrons. The summed E-state index contributed by atoms with van der Waals surface area (Å²) in [6.07, 6.45) is 1.83. The molecule has 0 aliphatic heterocycles. The molecule has 1 unspecified atom stereocenters. The van der Waals surface area contributed by atoms with Crippen LogP contribution in [-0.4, -0.2) is 17.3 Å². The fourth-order valence-corrected chi connectivity index (χ4v) is 2.03. The van der Waals surface area contributed by atoms with Crippen LogP contribution in [0.15, 0.2) is 18.3 Å². The molecule has 1 rings (SSSR count). The molecule has 4 heteroatoms. The van der Waals surface area contributed by atoms with Crippen LogP contribution in [0, 0.1) is 5.92 Å². The van der Waals surface area contributed by atoms with Gasteiger partial charge in [0.15, 0.2) is 0 Å². The lowest BCUT2D eigenvalue weighted by atomic mass is 10.2. The van der Waals surface area contributed by atoms with E-state index >= 15 is 0 Å². The number of nitrogens with two attached hydrogens (primary N) is 2. The van der Waals surface area contributed by atoms with Crippen molar-refractivity contribution in [3.05, 3.63) is 23.9 Å². The number of aromatic nitrogens is 1. The van der Waals surface area contributed by atoms with Gasteiger partial charge in [0.1, 0.15) is 5.82 Å². The molecule has 0 aliphatic carbocycles. The highest BCUT2D eigenvalue weighted by atomic mass is 32.2. The van der Waals surface area contributed by atoms with Gasteiger partial charge in [-0.3, -0.25) is 0 Å². The van der Waals surface area contributed by atoms with Crippen LogP contribution in [0.3, 0.4) is 0 Å². The maximum atomic E-state index is 5.53. The van der Waals surface area contributed by atoms with E-state index in [9.17, 15) is 0 Å². The van der Waals surface area contributed by atoms with Crippen molar-refractivity contribution in [2.45, 2.75) is 12.7 Å². The first kappa shape index (κ1) is 11.3. The van der Waals surface area contributed by atoms with Gasteiger partial charge in [-0.15, -0.1) is 0 Å². The highest BCUT2D eigenvalue weighted by Gasteiger charge is 1.99. The van der Waals surface area contributed by atoms with E-state index in [0.29, 0.717) is 11.7 Å². The molecule has 1 atom stereocenters. The smallest absolute Gasteiger partial charge is 0.123 e. The second kappa shape index (κ2) is 5.88. The van der Waals surface area contributed by atoms with E-state index in [1.165, 1.54) is 5.56 Å². The Balaban J connectivity index is 2.28. The molecule has 78 valence electrons. The lowest BCUT2D eigenvalue weighted by Crippen LogP contribution is -2.12. The van der Waals surface area contributed by atoms with Gasteiger partial charge in [0.05, 0.1) is 0 Å². The predicted octanol–water partition coefficient (Wildman–Crippen LogP) is 1.49.